The molecule has 0 saturated carbocycles. The molecule has 3 rings (SSSR count). The van der Waals surface area contributed by atoms with Crippen LogP contribution in [0.15, 0.2) is 54.6 Å². The van der Waals surface area contributed by atoms with E-state index in [1.165, 1.54) is 12.1 Å². The van der Waals surface area contributed by atoms with Gasteiger partial charge in [0.05, 0.1) is 17.2 Å². The molecule has 28 heavy (non-hydrogen) atoms. The van der Waals surface area contributed by atoms with E-state index in [-0.39, 0.29) is 16.7 Å². The predicted octanol–water partition coefficient (Wildman–Crippen LogP) is 7.89. The third-order valence-electron chi connectivity index (χ3n) is 3.71. The summed E-state index contributed by atoms with van der Waals surface area (Å²) in [5.74, 6) is 0.254. The highest BCUT2D eigenvalue weighted by atomic mass is 35.5. The lowest BCUT2D eigenvalue weighted by molar-refractivity contribution is 0.415. The van der Waals surface area contributed by atoms with Crippen LogP contribution < -0.4 is 4.74 Å². The van der Waals surface area contributed by atoms with Gasteiger partial charge in [-0.2, -0.15) is 0 Å². The van der Waals surface area contributed by atoms with Crippen LogP contribution in [0.5, 0.6) is 5.75 Å². The molecule has 0 aromatic heterocycles. The molecule has 0 amide bonds. The van der Waals surface area contributed by atoms with Crippen molar-refractivity contribution in [3.05, 3.63) is 98.5 Å². The number of halogens is 4. The van der Waals surface area contributed by atoms with Crippen LogP contribution in [0.1, 0.15) is 22.3 Å². The lowest BCUT2D eigenvalue weighted by Gasteiger charge is -2.01. The van der Waals surface area contributed by atoms with Crippen LogP contribution in [0.25, 0.3) is 0 Å². The van der Waals surface area contributed by atoms with Crippen LogP contribution in [-0.4, -0.2) is 7.11 Å². The fraction of sp³-hybridized carbons (Fsp3) is 0.217. The average Bonchev–Trinajstić information content (AvgIpc) is 2.63. The van der Waals surface area contributed by atoms with Crippen molar-refractivity contribution >= 4 is 23.2 Å². The maximum absolute atomic E-state index is 12.6. The maximum atomic E-state index is 12.6. The molecular formula is C23H24Cl2F2O. The van der Waals surface area contributed by atoms with Gasteiger partial charge in [-0.1, -0.05) is 47.5 Å². The Morgan fingerprint density at radius 3 is 1.57 bits per heavy atom. The summed E-state index contributed by atoms with van der Waals surface area (Å²) in [7, 11) is 1.61. The molecule has 3 aromatic rings. The lowest BCUT2D eigenvalue weighted by Crippen LogP contribution is -1.83. The van der Waals surface area contributed by atoms with E-state index in [1.54, 1.807) is 32.2 Å². The minimum absolute atomic E-state index is 0.116. The van der Waals surface area contributed by atoms with Gasteiger partial charge in [0.2, 0.25) is 0 Å². The molecule has 0 heterocycles. The first kappa shape index (κ1) is 23.9. The van der Waals surface area contributed by atoms with Crippen molar-refractivity contribution in [1.29, 1.82) is 0 Å². The minimum Gasteiger partial charge on any atom is -0.495 e. The average molecular weight is 425 g/mol. The largest absolute Gasteiger partial charge is 0.495 e. The predicted molar refractivity (Wildman–Crippen MR) is 115 cm³/mol. The van der Waals surface area contributed by atoms with Crippen molar-refractivity contribution in [2.24, 2.45) is 0 Å². The zero-order chi connectivity index (χ0) is 21.3. The summed E-state index contributed by atoms with van der Waals surface area (Å²) >= 11 is 11.2. The molecule has 0 aliphatic heterocycles. The number of benzene rings is 3. The Balaban J connectivity index is 0.000000210. The van der Waals surface area contributed by atoms with Crippen molar-refractivity contribution in [3.63, 3.8) is 0 Å². The zero-order valence-electron chi connectivity index (χ0n) is 16.6. The Labute approximate surface area is 175 Å². The van der Waals surface area contributed by atoms with Gasteiger partial charge >= 0.3 is 0 Å². The summed E-state index contributed by atoms with van der Waals surface area (Å²) in [6.07, 6.45) is 0. The summed E-state index contributed by atoms with van der Waals surface area (Å²) in [6, 6.07) is 15.6. The Morgan fingerprint density at radius 1 is 0.643 bits per heavy atom. The molecule has 0 aliphatic carbocycles. The van der Waals surface area contributed by atoms with E-state index in [1.807, 2.05) is 45.0 Å². The Bertz CT molecular complexity index is 862. The van der Waals surface area contributed by atoms with Crippen LogP contribution in [0, 0.1) is 39.3 Å². The fourth-order valence-electron chi connectivity index (χ4n) is 2.07. The van der Waals surface area contributed by atoms with E-state index in [4.69, 9.17) is 27.9 Å². The molecule has 0 atom stereocenters. The van der Waals surface area contributed by atoms with E-state index < -0.39 is 0 Å². The zero-order valence-corrected chi connectivity index (χ0v) is 18.1. The highest BCUT2D eigenvalue weighted by Crippen LogP contribution is 2.24. The summed E-state index contributed by atoms with van der Waals surface area (Å²) in [4.78, 5) is 0. The van der Waals surface area contributed by atoms with Gasteiger partial charge in [-0.25, -0.2) is 8.78 Å². The number of ether oxygens (including phenoxy) is 1. The molecule has 0 N–H and O–H groups in total. The van der Waals surface area contributed by atoms with Crippen molar-refractivity contribution in [1.82, 2.24) is 0 Å². The number of rotatable bonds is 1. The van der Waals surface area contributed by atoms with E-state index in [9.17, 15) is 8.78 Å². The topological polar surface area (TPSA) is 9.23 Å². The van der Waals surface area contributed by atoms with Crippen LogP contribution in [0.2, 0.25) is 10.0 Å². The normalized spacial score (nSPS) is 9.61. The first-order valence-electron chi connectivity index (χ1n) is 8.58. The number of hydrogen-bond donors (Lipinski definition) is 0. The number of methoxy groups -OCH3 is 1. The molecule has 0 bridgehead atoms. The smallest absolute Gasteiger partial charge is 0.141 e. The van der Waals surface area contributed by atoms with E-state index >= 15 is 0 Å². The van der Waals surface area contributed by atoms with Crippen LogP contribution in [0.3, 0.4) is 0 Å². The molecule has 1 nitrogen and oxygen atoms in total. The molecule has 0 radical (unpaired) electrons. The summed E-state index contributed by atoms with van der Waals surface area (Å²) in [6.45, 7) is 7.49. The standard InChI is InChI=1S/C8H9ClO.C8H9F.C7H6ClF/c1-6-3-4-8(10-2)7(9)5-6;1-6-3-4-7(2)8(9)5-6;1-5-2-3-7(9)6(8)4-5/h3-5H,1-2H3;3-5H,1-2H3;2-4H,1H3. The van der Waals surface area contributed by atoms with Crippen molar-refractivity contribution in [3.8, 4) is 5.75 Å². The van der Waals surface area contributed by atoms with Crippen molar-refractivity contribution < 1.29 is 13.5 Å². The number of hydrogen-bond acceptors (Lipinski definition) is 1. The van der Waals surface area contributed by atoms with Gasteiger partial charge in [0.15, 0.2) is 0 Å². The van der Waals surface area contributed by atoms with Crippen LogP contribution >= 0.6 is 23.2 Å². The Hall–Kier alpha value is -2.10. The van der Waals surface area contributed by atoms with Crippen LogP contribution in [0.4, 0.5) is 8.78 Å². The second kappa shape index (κ2) is 11.7. The molecule has 0 saturated heterocycles. The van der Waals surface area contributed by atoms with Gasteiger partial charge in [-0.05, 0) is 80.3 Å². The summed E-state index contributed by atoms with van der Waals surface area (Å²) in [5, 5.41) is 0.859. The van der Waals surface area contributed by atoms with E-state index in [2.05, 4.69) is 0 Å². The highest BCUT2D eigenvalue weighted by Gasteiger charge is 1.97. The van der Waals surface area contributed by atoms with Gasteiger partial charge in [0.25, 0.3) is 0 Å². The van der Waals surface area contributed by atoms with Gasteiger partial charge in [-0.3, -0.25) is 0 Å². The summed E-state index contributed by atoms with van der Waals surface area (Å²) < 4.78 is 29.9. The number of aryl methyl sites for hydroxylation is 4. The molecule has 0 spiro atoms. The quantitative estimate of drug-likeness (QED) is 0.385. The highest BCUT2D eigenvalue weighted by molar-refractivity contribution is 6.32. The molecule has 150 valence electrons. The van der Waals surface area contributed by atoms with Crippen molar-refractivity contribution in [2.75, 3.05) is 7.11 Å². The van der Waals surface area contributed by atoms with E-state index in [0.717, 1.165) is 22.4 Å². The monoisotopic (exact) mass is 424 g/mol. The first-order valence-corrected chi connectivity index (χ1v) is 9.34. The third kappa shape index (κ3) is 8.28. The SMILES string of the molecule is COc1ccc(C)cc1Cl.Cc1ccc(C)c(F)c1.Cc1ccc(F)c(Cl)c1. The van der Waals surface area contributed by atoms with E-state index in [0.29, 0.717) is 10.6 Å². The van der Waals surface area contributed by atoms with Crippen molar-refractivity contribution in [2.45, 2.75) is 27.7 Å². The lowest BCUT2D eigenvalue weighted by atomic mass is 10.2. The second-order valence-corrected chi connectivity index (χ2v) is 7.12. The molecule has 5 heteroatoms. The fourth-order valence-corrected chi connectivity index (χ4v) is 2.62. The van der Waals surface area contributed by atoms with Gasteiger partial charge in [0, 0.05) is 0 Å². The van der Waals surface area contributed by atoms with Gasteiger partial charge in [0.1, 0.15) is 17.4 Å². The maximum Gasteiger partial charge on any atom is 0.141 e. The first-order chi connectivity index (χ1) is 13.1. The second-order valence-electron chi connectivity index (χ2n) is 6.31. The molecule has 3 aromatic carbocycles. The summed E-state index contributed by atoms with van der Waals surface area (Å²) in [5.41, 5.74) is 3.80. The molecule has 0 aliphatic rings. The minimum atomic E-state index is -0.359. The van der Waals surface area contributed by atoms with Gasteiger partial charge < -0.3 is 4.74 Å². The molecule has 0 fully saturated rings. The molecular weight excluding hydrogens is 401 g/mol. The third-order valence-corrected chi connectivity index (χ3v) is 4.29. The molecule has 0 unspecified atom stereocenters. The van der Waals surface area contributed by atoms with Gasteiger partial charge in [-0.15, -0.1) is 0 Å². The Morgan fingerprint density at radius 2 is 1.14 bits per heavy atom. The Kier molecular flexibility index (Phi) is 9.98. The van der Waals surface area contributed by atoms with Crippen LogP contribution in [-0.2, 0) is 0 Å².